The second kappa shape index (κ2) is 16.1. The van der Waals surface area contributed by atoms with E-state index in [1.54, 1.807) is 6.08 Å². The smallest absolute Gasteiger partial charge is 0.0228 e. The standard InChI is InChI=1S/C13H18.C6H12.C5H8/c1-5-11(3)12(4)13-8-6-10(2)7-9-13;1-4-5-6(2)3;1-3-5-4-2/h6-9H,5H2,1-4H3;2,4-5H2,1,3H3;3-5H,1H2,2H3/b12-11-;;5-4-. The molecule has 0 amide bonds. The van der Waals surface area contributed by atoms with Gasteiger partial charge in [-0.2, -0.15) is 0 Å². The topological polar surface area (TPSA) is 0 Å². The summed E-state index contributed by atoms with van der Waals surface area (Å²) >= 11 is 0. The highest BCUT2D eigenvalue weighted by atomic mass is 14.0. The molecule has 0 nitrogen and oxygen atoms in total. The first-order chi connectivity index (χ1) is 11.3. The predicted molar refractivity (Wildman–Crippen MR) is 114 cm³/mol. The molecule has 24 heavy (non-hydrogen) atoms. The van der Waals surface area contributed by atoms with Crippen molar-refractivity contribution >= 4 is 5.57 Å². The Bertz CT molecular complexity index is 509. The summed E-state index contributed by atoms with van der Waals surface area (Å²) in [6, 6.07) is 8.73. The molecule has 0 aliphatic heterocycles. The lowest BCUT2D eigenvalue weighted by atomic mass is 10.0. The third-order valence-electron chi connectivity index (χ3n) is 3.66. The van der Waals surface area contributed by atoms with E-state index in [0.717, 1.165) is 6.42 Å². The molecule has 0 saturated heterocycles. The summed E-state index contributed by atoms with van der Waals surface area (Å²) in [4.78, 5) is 0. The van der Waals surface area contributed by atoms with Crippen molar-refractivity contribution < 1.29 is 0 Å². The number of aryl methyl sites for hydroxylation is 1. The fourth-order valence-corrected chi connectivity index (χ4v) is 1.88. The van der Waals surface area contributed by atoms with E-state index in [-0.39, 0.29) is 0 Å². The molecule has 0 spiro atoms. The Morgan fingerprint density at radius 2 is 1.58 bits per heavy atom. The van der Waals surface area contributed by atoms with Gasteiger partial charge in [-0.3, -0.25) is 0 Å². The lowest BCUT2D eigenvalue weighted by molar-refractivity contribution is 0.910. The molecule has 0 saturated carbocycles. The summed E-state index contributed by atoms with van der Waals surface area (Å²) in [6.45, 7) is 22.1. The van der Waals surface area contributed by atoms with Crippen LogP contribution in [0.5, 0.6) is 0 Å². The van der Waals surface area contributed by atoms with E-state index in [2.05, 4.69) is 79.0 Å². The van der Waals surface area contributed by atoms with Crippen LogP contribution >= 0.6 is 0 Å². The molecule has 0 fully saturated rings. The van der Waals surface area contributed by atoms with Crippen molar-refractivity contribution in [1.82, 2.24) is 0 Å². The quantitative estimate of drug-likeness (QED) is 0.377. The van der Waals surface area contributed by atoms with E-state index in [0.29, 0.717) is 0 Å². The lowest BCUT2D eigenvalue weighted by Gasteiger charge is -2.06. The van der Waals surface area contributed by atoms with Crippen molar-refractivity contribution in [3.8, 4) is 0 Å². The monoisotopic (exact) mass is 326 g/mol. The van der Waals surface area contributed by atoms with Crippen molar-refractivity contribution in [2.24, 2.45) is 0 Å². The maximum absolute atomic E-state index is 3.74. The minimum absolute atomic E-state index is 1.14. The van der Waals surface area contributed by atoms with Crippen LogP contribution in [0.15, 0.2) is 66.8 Å². The second-order valence-corrected chi connectivity index (χ2v) is 6.09. The molecule has 1 rings (SSSR count). The molecule has 0 bridgehead atoms. The third-order valence-corrected chi connectivity index (χ3v) is 3.66. The molecule has 134 valence electrons. The van der Waals surface area contributed by atoms with Crippen molar-refractivity contribution in [3.05, 3.63) is 77.9 Å². The number of allylic oxidation sites excluding steroid dienone is 6. The van der Waals surface area contributed by atoms with Crippen molar-refractivity contribution in [2.75, 3.05) is 0 Å². The molecule has 0 atom stereocenters. The lowest BCUT2D eigenvalue weighted by Crippen LogP contribution is -1.84. The van der Waals surface area contributed by atoms with Crippen LogP contribution < -0.4 is 0 Å². The molecule has 0 heterocycles. The van der Waals surface area contributed by atoms with Gasteiger partial charge in [-0.25, -0.2) is 0 Å². The maximum atomic E-state index is 3.74. The zero-order chi connectivity index (χ0) is 19.0. The van der Waals surface area contributed by atoms with E-state index < -0.39 is 0 Å². The van der Waals surface area contributed by atoms with Crippen molar-refractivity contribution in [1.29, 1.82) is 0 Å². The fraction of sp³-hybridized carbons (Fsp3) is 0.417. The first-order valence-corrected chi connectivity index (χ1v) is 8.95. The molecular formula is C24H38. The van der Waals surface area contributed by atoms with Gasteiger partial charge in [-0.15, -0.1) is 6.58 Å². The molecule has 1 aromatic carbocycles. The van der Waals surface area contributed by atoms with Gasteiger partial charge in [0.15, 0.2) is 0 Å². The van der Waals surface area contributed by atoms with Gasteiger partial charge >= 0.3 is 0 Å². The number of hydrogen-bond donors (Lipinski definition) is 0. The Balaban J connectivity index is 0. The maximum Gasteiger partial charge on any atom is -0.0228 e. The summed E-state index contributed by atoms with van der Waals surface area (Å²) in [6.07, 6.45) is 9.13. The minimum Gasteiger partial charge on any atom is -0.100 e. The Morgan fingerprint density at radius 3 is 1.83 bits per heavy atom. The van der Waals surface area contributed by atoms with Gasteiger partial charge in [-0.1, -0.05) is 86.1 Å². The van der Waals surface area contributed by atoms with Crippen LogP contribution in [-0.2, 0) is 0 Å². The molecule has 1 aromatic rings. The Hall–Kier alpha value is -1.82. The average Bonchev–Trinajstić information content (AvgIpc) is 2.56. The highest BCUT2D eigenvalue weighted by molar-refractivity contribution is 5.66. The summed E-state index contributed by atoms with van der Waals surface area (Å²) in [7, 11) is 0. The van der Waals surface area contributed by atoms with Gasteiger partial charge in [0.1, 0.15) is 0 Å². The fourth-order valence-electron chi connectivity index (χ4n) is 1.88. The van der Waals surface area contributed by atoms with Crippen LogP contribution in [-0.4, -0.2) is 0 Å². The highest BCUT2D eigenvalue weighted by Gasteiger charge is 1.97. The Labute approximate surface area is 151 Å². The van der Waals surface area contributed by atoms with Crippen LogP contribution in [0.2, 0.25) is 0 Å². The van der Waals surface area contributed by atoms with Crippen molar-refractivity contribution in [3.63, 3.8) is 0 Å². The van der Waals surface area contributed by atoms with E-state index in [9.17, 15) is 0 Å². The van der Waals surface area contributed by atoms with E-state index in [1.165, 1.54) is 40.7 Å². The zero-order valence-electron chi connectivity index (χ0n) is 17.1. The normalized spacial score (nSPS) is 10.8. The molecule has 0 aromatic heterocycles. The van der Waals surface area contributed by atoms with Crippen LogP contribution in [0.3, 0.4) is 0 Å². The van der Waals surface area contributed by atoms with Gasteiger partial charge in [0, 0.05) is 0 Å². The summed E-state index contributed by atoms with van der Waals surface area (Å²) in [5.41, 5.74) is 6.86. The van der Waals surface area contributed by atoms with E-state index >= 15 is 0 Å². The largest absolute Gasteiger partial charge is 0.100 e. The molecule has 0 aliphatic carbocycles. The molecule has 0 N–H and O–H groups in total. The predicted octanol–water partition coefficient (Wildman–Crippen LogP) is 8.31. The van der Waals surface area contributed by atoms with Gasteiger partial charge in [0.25, 0.3) is 0 Å². The number of hydrogen-bond acceptors (Lipinski definition) is 0. The zero-order valence-corrected chi connectivity index (χ0v) is 17.1. The summed E-state index contributed by atoms with van der Waals surface area (Å²) in [5.74, 6) is 0. The molecule has 0 unspecified atom stereocenters. The highest BCUT2D eigenvalue weighted by Crippen LogP contribution is 2.19. The Morgan fingerprint density at radius 1 is 1.04 bits per heavy atom. The molecular weight excluding hydrogens is 288 g/mol. The van der Waals surface area contributed by atoms with Crippen LogP contribution in [0.4, 0.5) is 0 Å². The van der Waals surface area contributed by atoms with Crippen LogP contribution in [0.1, 0.15) is 71.9 Å². The first-order valence-electron chi connectivity index (χ1n) is 8.95. The molecule has 0 aliphatic rings. The minimum atomic E-state index is 1.14. The average molecular weight is 327 g/mol. The van der Waals surface area contributed by atoms with E-state index in [1.807, 2.05) is 19.1 Å². The van der Waals surface area contributed by atoms with Gasteiger partial charge in [-0.05, 0) is 58.6 Å². The van der Waals surface area contributed by atoms with E-state index in [4.69, 9.17) is 0 Å². The molecule has 0 heteroatoms. The molecule has 0 radical (unpaired) electrons. The van der Waals surface area contributed by atoms with Gasteiger partial charge in [0.2, 0.25) is 0 Å². The van der Waals surface area contributed by atoms with Gasteiger partial charge in [0.05, 0.1) is 0 Å². The SMILES string of the molecule is C=C(C)CCC.C=C/C=C\C.CC/C(C)=C(/C)c1ccc(C)cc1. The van der Waals surface area contributed by atoms with Crippen LogP contribution in [0.25, 0.3) is 5.57 Å². The van der Waals surface area contributed by atoms with Crippen LogP contribution in [0, 0.1) is 6.92 Å². The number of rotatable bonds is 5. The Kier molecular flexibility index (Phi) is 16.3. The second-order valence-electron chi connectivity index (χ2n) is 6.09. The first kappa shape index (κ1) is 24.4. The summed E-state index contributed by atoms with van der Waals surface area (Å²) < 4.78 is 0. The summed E-state index contributed by atoms with van der Waals surface area (Å²) in [5, 5.41) is 0. The van der Waals surface area contributed by atoms with Crippen molar-refractivity contribution in [2.45, 2.75) is 67.7 Å². The number of benzene rings is 1. The third kappa shape index (κ3) is 13.8. The van der Waals surface area contributed by atoms with Gasteiger partial charge < -0.3 is 0 Å².